The number of rotatable bonds is 4. The van der Waals surface area contributed by atoms with Crippen LogP contribution < -0.4 is 4.74 Å². The van der Waals surface area contributed by atoms with Gasteiger partial charge in [0.05, 0.1) is 12.2 Å². The van der Waals surface area contributed by atoms with Crippen molar-refractivity contribution < 1.29 is 4.74 Å². The van der Waals surface area contributed by atoms with Crippen LogP contribution in [0.3, 0.4) is 0 Å². The number of nitriles is 1. The van der Waals surface area contributed by atoms with Crippen molar-refractivity contribution in [1.29, 1.82) is 5.26 Å². The van der Waals surface area contributed by atoms with E-state index in [1.54, 1.807) is 18.3 Å². The van der Waals surface area contributed by atoms with E-state index in [1.807, 2.05) is 6.07 Å². The van der Waals surface area contributed by atoms with Crippen molar-refractivity contribution in [2.45, 2.75) is 25.7 Å². The smallest absolute Gasteiger partial charge is 0.213 e. The second-order valence-corrected chi connectivity index (χ2v) is 3.93. The first-order valence-electron chi connectivity index (χ1n) is 5.37. The van der Waals surface area contributed by atoms with Crippen LogP contribution in [0.1, 0.15) is 31.2 Å². The predicted octanol–water partition coefficient (Wildman–Crippen LogP) is 2.52. The molecule has 1 aromatic rings. The number of aromatic nitrogens is 1. The van der Waals surface area contributed by atoms with Crippen molar-refractivity contribution >= 4 is 0 Å². The second kappa shape index (κ2) is 4.79. The molecule has 0 N–H and O–H groups in total. The Bertz CT molecular complexity index is 349. The minimum absolute atomic E-state index is 0.571. The van der Waals surface area contributed by atoms with Crippen LogP contribution >= 0.6 is 0 Å². The maximum atomic E-state index is 8.59. The molecule has 3 heteroatoms. The van der Waals surface area contributed by atoms with E-state index in [1.165, 1.54) is 19.3 Å². The summed E-state index contributed by atoms with van der Waals surface area (Å²) >= 11 is 0. The van der Waals surface area contributed by atoms with Crippen molar-refractivity contribution in [2.75, 3.05) is 6.61 Å². The monoisotopic (exact) mass is 202 g/mol. The van der Waals surface area contributed by atoms with Crippen LogP contribution in [0.2, 0.25) is 0 Å². The van der Waals surface area contributed by atoms with Gasteiger partial charge in [0, 0.05) is 12.3 Å². The number of pyridine rings is 1. The van der Waals surface area contributed by atoms with E-state index in [4.69, 9.17) is 10.00 Å². The van der Waals surface area contributed by atoms with Crippen LogP contribution in [-0.4, -0.2) is 11.6 Å². The molecule has 0 saturated heterocycles. The van der Waals surface area contributed by atoms with Crippen LogP contribution in [0.25, 0.3) is 0 Å². The summed E-state index contributed by atoms with van der Waals surface area (Å²) < 4.78 is 5.49. The molecule has 0 bridgehead atoms. The second-order valence-electron chi connectivity index (χ2n) is 3.93. The lowest BCUT2D eigenvalue weighted by Crippen LogP contribution is -2.14. The average Bonchev–Trinajstić information content (AvgIpc) is 2.23. The molecule has 2 rings (SSSR count). The summed E-state index contributed by atoms with van der Waals surface area (Å²) in [6.45, 7) is 0.740. The van der Waals surface area contributed by atoms with Crippen LogP contribution in [0.4, 0.5) is 0 Å². The molecule has 1 aliphatic rings. The van der Waals surface area contributed by atoms with Crippen molar-refractivity contribution in [3.8, 4) is 11.9 Å². The molecule has 0 atom stereocenters. The van der Waals surface area contributed by atoms with E-state index in [0.717, 1.165) is 18.9 Å². The molecule has 1 aliphatic carbocycles. The number of hydrogen-bond acceptors (Lipinski definition) is 3. The van der Waals surface area contributed by atoms with Crippen LogP contribution in [0.15, 0.2) is 18.3 Å². The Balaban J connectivity index is 1.75. The highest BCUT2D eigenvalue weighted by Gasteiger charge is 2.16. The van der Waals surface area contributed by atoms with Gasteiger partial charge >= 0.3 is 0 Å². The lowest BCUT2D eigenvalue weighted by molar-refractivity contribution is 0.217. The van der Waals surface area contributed by atoms with Gasteiger partial charge < -0.3 is 4.74 Å². The highest BCUT2D eigenvalue weighted by atomic mass is 16.5. The van der Waals surface area contributed by atoms with E-state index in [9.17, 15) is 0 Å². The Morgan fingerprint density at radius 1 is 1.47 bits per heavy atom. The third kappa shape index (κ3) is 2.69. The first kappa shape index (κ1) is 9.97. The van der Waals surface area contributed by atoms with E-state index < -0.39 is 0 Å². The Morgan fingerprint density at radius 2 is 2.33 bits per heavy atom. The molecule has 1 saturated carbocycles. The maximum absolute atomic E-state index is 8.59. The number of ether oxygens (including phenoxy) is 1. The molecule has 1 fully saturated rings. The zero-order valence-corrected chi connectivity index (χ0v) is 8.65. The molecular weight excluding hydrogens is 188 g/mol. The molecule has 0 aromatic carbocycles. The molecule has 0 radical (unpaired) electrons. The zero-order chi connectivity index (χ0) is 10.5. The topological polar surface area (TPSA) is 45.9 Å². The van der Waals surface area contributed by atoms with E-state index >= 15 is 0 Å². The lowest BCUT2D eigenvalue weighted by atomic mass is 9.83. The largest absolute Gasteiger partial charge is 0.478 e. The van der Waals surface area contributed by atoms with Crippen molar-refractivity contribution in [2.24, 2.45) is 5.92 Å². The van der Waals surface area contributed by atoms with Gasteiger partial charge in [-0.15, -0.1) is 0 Å². The Hall–Kier alpha value is -1.56. The molecule has 15 heavy (non-hydrogen) atoms. The molecule has 3 nitrogen and oxygen atoms in total. The van der Waals surface area contributed by atoms with Crippen LogP contribution in [0.5, 0.6) is 5.88 Å². The van der Waals surface area contributed by atoms with Gasteiger partial charge in [0.2, 0.25) is 5.88 Å². The number of hydrogen-bond donors (Lipinski definition) is 0. The molecule has 1 aromatic heterocycles. The summed E-state index contributed by atoms with van der Waals surface area (Å²) in [6.07, 6.45) is 6.74. The van der Waals surface area contributed by atoms with Gasteiger partial charge in [-0.2, -0.15) is 5.26 Å². The third-order valence-corrected chi connectivity index (χ3v) is 2.87. The minimum atomic E-state index is 0.571. The highest BCUT2D eigenvalue weighted by molar-refractivity contribution is 5.28. The number of nitrogens with zero attached hydrogens (tertiary/aromatic N) is 2. The van der Waals surface area contributed by atoms with E-state index in [0.29, 0.717) is 11.4 Å². The van der Waals surface area contributed by atoms with Gasteiger partial charge in [0.1, 0.15) is 6.07 Å². The average molecular weight is 202 g/mol. The first-order chi connectivity index (χ1) is 7.38. The maximum Gasteiger partial charge on any atom is 0.213 e. The summed E-state index contributed by atoms with van der Waals surface area (Å²) in [5.41, 5.74) is 0.571. The van der Waals surface area contributed by atoms with Gasteiger partial charge in [0.25, 0.3) is 0 Å². The molecule has 0 aliphatic heterocycles. The molecule has 0 amide bonds. The Labute approximate surface area is 89.7 Å². The van der Waals surface area contributed by atoms with Crippen molar-refractivity contribution in [1.82, 2.24) is 4.98 Å². The van der Waals surface area contributed by atoms with Crippen molar-refractivity contribution in [3.63, 3.8) is 0 Å². The summed E-state index contributed by atoms with van der Waals surface area (Å²) in [5.74, 6) is 1.48. The summed E-state index contributed by atoms with van der Waals surface area (Å²) in [4.78, 5) is 4.05. The Kier molecular flexibility index (Phi) is 3.18. The molecule has 0 unspecified atom stereocenters. The van der Waals surface area contributed by atoms with Gasteiger partial charge in [-0.25, -0.2) is 4.98 Å². The van der Waals surface area contributed by atoms with Gasteiger partial charge in [-0.05, 0) is 18.4 Å². The van der Waals surface area contributed by atoms with Gasteiger partial charge in [-0.1, -0.05) is 19.3 Å². The van der Waals surface area contributed by atoms with Crippen LogP contribution in [-0.2, 0) is 0 Å². The minimum Gasteiger partial charge on any atom is -0.478 e. The van der Waals surface area contributed by atoms with E-state index in [2.05, 4.69) is 4.98 Å². The summed E-state index contributed by atoms with van der Waals surface area (Å²) in [6, 6.07) is 5.51. The summed E-state index contributed by atoms with van der Waals surface area (Å²) in [5, 5.41) is 8.59. The molecule has 1 heterocycles. The fourth-order valence-electron chi connectivity index (χ4n) is 1.64. The summed E-state index contributed by atoms with van der Waals surface area (Å²) in [7, 11) is 0. The standard InChI is InChI=1S/C12H14N2O/c13-8-11-4-5-12(14-9-11)15-7-6-10-2-1-3-10/h4-5,9-10H,1-3,6-7H2. The molecule has 78 valence electrons. The highest BCUT2D eigenvalue weighted by Crippen LogP contribution is 2.29. The van der Waals surface area contributed by atoms with Crippen LogP contribution in [0, 0.1) is 17.2 Å². The normalized spacial score (nSPS) is 15.4. The predicted molar refractivity (Wildman–Crippen MR) is 56.4 cm³/mol. The zero-order valence-electron chi connectivity index (χ0n) is 8.65. The molecular formula is C12H14N2O. The van der Waals surface area contributed by atoms with E-state index in [-0.39, 0.29) is 0 Å². The third-order valence-electron chi connectivity index (χ3n) is 2.87. The first-order valence-corrected chi connectivity index (χ1v) is 5.37. The molecule has 0 spiro atoms. The fourth-order valence-corrected chi connectivity index (χ4v) is 1.64. The van der Waals surface area contributed by atoms with Gasteiger partial charge in [-0.3, -0.25) is 0 Å². The van der Waals surface area contributed by atoms with Crippen molar-refractivity contribution in [3.05, 3.63) is 23.9 Å². The quantitative estimate of drug-likeness (QED) is 0.753. The fraction of sp³-hybridized carbons (Fsp3) is 0.500. The van der Waals surface area contributed by atoms with Gasteiger partial charge in [0.15, 0.2) is 0 Å². The lowest BCUT2D eigenvalue weighted by Gasteiger charge is -2.24. The SMILES string of the molecule is N#Cc1ccc(OCCC2CCC2)nc1. The Morgan fingerprint density at radius 3 is 2.87 bits per heavy atom.